The van der Waals surface area contributed by atoms with E-state index >= 15 is 0 Å². The maximum absolute atomic E-state index is 11.0. The molecule has 0 amide bonds. The molecule has 0 radical (unpaired) electrons. The molecule has 0 fully saturated rings. The third-order valence-corrected chi connectivity index (χ3v) is 2.43. The van der Waals surface area contributed by atoms with Gasteiger partial charge in [0.05, 0.1) is 5.75 Å². The Balaban J connectivity index is 3.61. The van der Waals surface area contributed by atoms with Crippen LogP contribution in [0.3, 0.4) is 0 Å². The van der Waals surface area contributed by atoms with Crippen LogP contribution in [-0.2, 0) is 19.3 Å². The van der Waals surface area contributed by atoms with Crippen LogP contribution in [0.15, 0.2) is 12.7 Å². The van der Waals surface area contributed by atoms with Crippen molar-refractivity contribution in [1.82, 2.24) is 0 Å². The molecule has 0 bridgehead atoms. The second-order valence-electron chi connectivity index (χ2n) is 2.61. The largest absolute Gasteiger partial charge is 0.293 e. The lowest BCUT2D eigenvalue weighted by molar-refractivity contribution is -0.190. The number of hydrogen-bond donors (Lipinski definition) is 0. The van der Waals surface area contributed by atoms with Gasteiger partial charge in [0.2, 0.25) is 0 Å². The molecule has 0 saturated heterocycles. The lowest BCUT2D eigenvalue weighted by atomic mass is 10.3. The summed E-state index contributed by atoms with van der Waals surface area (Å²) in [7, 11) is -3.50. The maximum atomic E-state index is 11.0. The number of rotatable bonds is 8. The summed E-state index contributed by atoms with van der Waals surface area (Å²) < 4.78 is 26.2. The summed E-state index contributed by atoms with van der Waals surface area (Å²) in [4.78, 5) is 4.37. The van der Waals surface area contributed by atoms with Crippen molar-refractivity contribution in [3.63, 3.8) is 0 Å². The summed E-state index contributed by atoms with van der Waals surface area (Å²) in [5.41, 5.74) is 0. The lowest BCUT2D eigenvalue weighted by Gasteiger charge is -2.02. The van der Waals surface area contributed by atoms with Gasteiger partial charge in [-0.2, -0.15) is 8.42 Å². The Bertz CT molecular complexity index is 220. The summed E-state index contributed by atoms with van der Waals surface area (Å²) in [6.07, 6.45) is 3.88. The van der Waals surface area contributed by atoms with Crippen LogP contribution in [0.25, 0.3) is 0 Å². The van der Waals surface area contributed by atoms with Gasteiger partial charge in [0, 0.05) is 0 Å². The molecule has 0 N–H and O–H groups in total. The summed E-state index contributed by atoms with van der Waals surface area (Å²) in [5.74, 6) is 0.0119. The van der Waals surface area contributed by atoms with Crippen molar-refractivity contribution in [2.45, 2.75) is 26.2 Å². The summed E-state index contributed by atoms with van der Waals surface area (Å²) in [6, 6.07) is 0. The summed E-state index contributed by atoms with van der Waals surface area (Å²) >= 11 is 0. The van der Waals surface area contributed by atoms with Crippen molar-refractivity contribution < 1.29 is 17.6 Å². The highest BCUT2D eigenvalue weighted by molar-refractivity contribution is 7.86. The predicted octanol–water partition coefficient (Wildman–Crippen LogP) is 1.64. The second kappa shape index (κ2) is 7.06. The van der Waals surface area contributed by atoms with Gasteiger partial charge < -0.3 is 0 Å². The standard InChI is InChI=1S/C8H16O4S/c1-3-5-6-8-13(9,10)12-11-7-4-2/h4H,2-3,5-8H2,1H3. The molecule has 0 aliphatic heterocycles. The molecule has 0 aromatic carbocycles. The van der Waals surface area contributed by atoms with E-state index in [0.717, 1.165) is 12.8 Å². The van der Waals surface area contributed by atoms with Crippen LogP contribution in [0.2, 0.25) is 0 Å². The zero-order valence-electron chi connectivity index (χ0n) is 7.86. The van der Waals surface area contributed by atoms with Gasteiger partial charge in [0.15, 0.2) is 0 Å². The van der Waals surface area contributed by atoms with Gasteiger partial charge in [-0.05, 0) is 6.42 Å². The fourth-order valence-electron chi connectivity index (χ4n) is 0.712. The van der Waals surface area contributed by atoms with Crippen molar-refractivity contribution >= 4 is 10.1 Å². The van der Waals surface area contributed by atoms with Crippen molar-refractivity contribution in [3.05, 3.63) is 12.7 Å². The molecule has 0 unspecified atom stereocenters. The molecule has 0 spiro atoms. The van der Waals surface area contributed by atoms with Gasteiger partial charge in [-0.25, -0.2) is 4.89 Å². The monoisotopic (exact) mass is 208 g/mol. The fourth-order valence-corrected chi connectivity index (χ4v) is 1.54. The molecule has 0 aromatic rings. The average Bonchev–Trinajstić information content (AvgIpc) is 2.05. The lowest BCUT2D eigenvalue weighted by Crippen LogP contribution is -2.11. The molecule has 4 nitrogen and oxygen atoms in total. The quantitative estimate of drug-likeness (QED) is 0.263. The van der Waals surface area contributed by atoms with Crippen LogP contribution in [-0.4, -0.2) is 20.8 Å². The highest BCUT2D eigenvalue weighted by Gasteiger charge is 2.10. The van der Waals surface area contributed by atoms with E-state index < -0.39 is 10.1 Å². The molecule has 0 aliphatic rings. The van der Waals surface area contributed by atoms with Crippen molar-refractivity contribution in [2.75, 3.05) is 12.4 Å². The Labute approximate surface area is 79.6 Å². The maximum Gasteiger partial charge on any atom is 0.293 e. The van der Waals surface area contributed by atoms with Gasteiger partial charge in [-0.1, -0.05) is 25.8 Å². The molecule has 0 aromatic heterocycles. The van der Waals surface area contributed by atoms with E-state index in [1.54, 1.807) is 0 Å². The molecule has 0 rings (SSSR count). The van der Waals surface area contributed by atoms with Gasteiger partial charge in [0.25, 0.3) is 10.1 Å². The Morgan fingerprint density at radius 1 is 1.38 bits per heavy atom. The molecular weight excluding hydrogens is 192 g/mol. The third-order valence-electron chi connectivity index (χ3n) is 1.34. The van der Waals surface area contributed by atoms with E-state index in [9.17, 15) is 8.42 Å². The van der Waals surface area contributed by atoms with E-state index in [1.165, 1.54) is 6.08 Å². The smallest absolute Gasteiger partial charge is 0.216 e. The number of unbranched alkanes of at least 4 members (excludes halogenated alkanes) is 2. The van der Waals surface area contributed by atoms with Crippen molar-refractivity contribution in [1.29, 1.82) is 0 Å². The van der Waals surface area contributed by atoms with Crippen LogP contribution in [0.5, 0.6) is 0 Å². The van der Waals surface area contributed by atoms with E-state index in [0.29, 0.717) is 6.42 Å². The average molecular weight is 208 g/mol. The first-order valence-electron chi connectivity index (χ1n) is 4.27. The minimum atomic E-state index is -3.50. The van der Waals surface area contributed by atoms with Crippen LogP contribution in [0, 0.1) is 0 Å². The molecule has 0 heterocycles. The predicted molar refractivity (Wildman–Crippen MR) is 50.5 cm³/mol. The molecule has 13 heavy (non-hydrogen) atoms. The minimum Gasteiger partial charge on any atom is -0.216 e. The highest BCUT2D eigenvalue weighted by Crippen LogP contribution is 2.01. The van der Waals surface area contributed by atoms with Gasteiger partial charge in [-0.3, -0.25) is 0 Å². The molecule has 0 atom stereocenters. The zero-order chi connectivity index (χ0) is 10.2. The second-order valence-corrected chi connectivity index (χ2v) is 4.27. The van der Waals surface area contributed by atoms with Crippen LogP contribution in [0.1, 0.15) is 26.2 Å². The summed E-state index contributed by atoms with van der Waals surface area (Å²) in [6.45, 7) is 5.43. The molecule has 0 saturated carbocycles. The van der Waals surface area contributed by atoms with Gasteiger partial charge >= 0.3 is 0 Å². The van der Waals surface area contributed by atoms with Crippen molar-refractivity contribution in [3.8, 4) is 0 Å². The van der Waals surface area contributed by atoms with E-state index in [1.807, 2.05) is 6.92 Å². The van der Waals surface area contributed by atoms with Crippen LogP contribution < -0.4 is 0 Å². The molecule has 0 aliphatic carbocycles. The third kappa shape index (κ3) is 7.95. The SMILES string of the molecule is C=CCOOS(=O)(=O)CCCCC. The van der Waals surface area contributed by atoms with Crippen molar-refractivity contribution in [2.24, 2.45) is 0 Å². The minimum absolute atomic E-state index is 0.0119. The van der Waals surface area contributed by atoms with Gasteiger partial charge in [0.1, 0.15) is 6.61 Å². The van der Waals surface area contributed by atoms with E-state index in [2.05, 4.69) is 15.8 Å². The van der Waals surface area contributed by atoms with E-state index in [-0.39, 0.29) is 12.4 Å². The first kappa shape index (κ1) is 12.6. The van der Waals surface area contributed by atoms with Crippen LogP contribution in [0.4, 0.5) is 0 Å². The highest BCUT2D eigenvalue weighted by atomic mass is 32.2. The zero-order valence-corrected chi connectivity index (χ0v) is 8.68. The molecule has 78 valence electrons. The Hall–Kier alpha value is -0.390. The normalized spacial score (nSPS) is 11.5. The Kier molecular flexibility index (Phi) is 6.84. The topological polar surface area (TPSA) is 52.6 Å². The van der Waals surface area contributed by atoms with E-state index in [4.69, 9.17) is 0 Å². The first-order valence-corrected chi connectivity index (χ1v) is 5.84. The molecule has 5 heteroatoms. The van der Waals surface area contributed by atoms with Gasteiger partial charge in [-0.15, -0.1) is 10.9 Å². The summed E-state index contributed by atoms with van der Waals surface area (Å²) in [5, 5.41) is 0. The number of hydrogen-bond acceptors (Lipinski definition) is 4. The molecular formula is C8H16O4S. The Morgan fingerprint density at radius 2 is 2.08 bits per heavy atom. The fraction of sp³-hybridized carbons (Fsp3) is 0.750. The first-order chi connectivity index (χ1) is 6.12. The Morgan fingerprint density at radius 3 is 2.62 bits per heavy atom. The van der Waals surface area contributed by atoms with Crippen LogP contribution >= 0.6 is 0 Å².